The number of carbonyl (C=O) groups is 2. The summed E-state index contributed by atoms with van der Waals surface area (Å²) < 4.78 is 0. The highest BCUT2D eigenvalue weighted by atomic mass is 16.2. The zero-order chi connectivity index (χ0) is 18.5. The van der Waals surface area contributed by atoms with Crippen molar-refractivity contribution in [2.24, 2.45) is 5.41 Å². The minimum absolute atomic E-state index is 0.121. The van der Waals surface area contributed by atoms with Crippen LogP contribution in [0.2, 0.25) is 0 Å². The van der Waals surface area contributed by atoms with Gasteiger partial charge >= 0.3 is 6.15 Å². The van der Waals surface area contributed by atoms with E-state index in [1.54, 1.807) is 13.0 Å². The molecular weight excluding hydrogens is 294 g/mol. The normalized spacial score (nSPS) is 11.7. The van der Waals surface area contributed by atoms with Crippen LogP contribution in [0.5, 0.6) is 0 Å². The number of rotatable bonds is 8. The molecule has 0 fully saturated rings. The van der Waals surface area contributed by atoms with Crippen LogP contribution in [-0.2, 0) is 19.2 Å². The maximum Gasteiger partial charge on any atom is 0.373 e. The van der Waals surface area contributed by atoms with E-state index >= 15 is 0 Å². The third-order valence-electron chi connectivity index (χ3n) is 3.83. The second-order valence-electron chi connectivity index (χ2n) is 6.38. The zero-order valence-corrected chi connectivity index (χ0v) is 15.1. The SMILES string of the molecule is C/C=C/C(=O)NC(C)(C)C(C)(C)CC(=O)C/C=C\CC.O=C=O. The molecule has 0 saturated heterocycles. The Morgan fingerprint density at radius 3 is 2.04 bits per heavy atom. The van der Waals surface area contributed by atoms with E-state index in [1.807, 2.05) is 46.8 Å². The number of allylic oxidation sites excluding steroid dienone is 3. The molecule has 1 amide bonds. The Morgan fingerprint density at radius 2 is 1.61 bits per heavy atom. The first-order chi connectivity index (χ1) is 10.6. The fraction of sp³-hybridized carbons (Fsp3) is 0.611. The molecule has 23 heavy (non-hydrogen) atoms. The van der Waals surface area contributed by atoms with Gasteiger partial charge in [-0.3, -0.25) is 9.59 Å². The molecule has 0 aliphatic carbocycles. The Balaban J connectivity index is 0. The average molecular weight is 323 g/mol. The van der Waals surface area contributed by atoms with E-state index in [4.69, 9.17) is 9.59 Å². The molecule has 0 aromatic carbocycles. The Morgan fingerprint density at radius 1 is 1.09 bits per heavy atom. The summed E-state index contributed by atoms with van der Waals surface area (Å²) in [4.78, 5) is 40.0. The van der Waals surface area contributed by atoms with E-state index in [0.717, 1.165) is 6.42 Å². The van der Waals surface area contributed by atoms with Gasteiger partial charge in [-0.1, -0.05) is 39.0 Å². The second kappa shape index (κ2) is 11.6. The molecular formula is C18H29NO4. The highest BCUT2D eigenvalue weighted by Gasteiger charge is 2.39. The van der Waals surface area contributed by atoms with Gasteiger partial charge in [0.25, 0.3) is 0 Å². The largest absolute Gasteiger partial charge is 0.373 e. The van der Waals surface area contributed by atoms with Gasteiger partial charge < -0.3 is 5.32 Å². The van der Waals surface area contributed by atoms with Crippen LogP contribution >= 0.6 is 0 Å². The third-order valence-corrected chi connectivity index (χ3v) is 3.83. The Labute approximate surface area is 139 Å². The van der Waals surface area contributed by atoms with E-state index < -0.39 is 5.54 Å². The number of hydrogen-bond acceptors (Lipinski definition) is 4. The van der Waals surface area contributed by atoms with Crippen molar-refractivity contribution in [1.29, 1.82) is 0 Å². The number of nitrogens with one attached hydrogen (secondary N) is 1. The van der Waals surface area contributed by atoms with Crippen molar-refractivity contribution in [2.45, 2.75) is 66.3 Å². The molecule has 0 rings (SSSR count). The first-order valence-corrected chi connectivity index (χ1v) is 7.68. The first-order valence-electron chi connectivity index (χ1n) is 7.68. The van der Waals surface area contributed by atoms with Gasteiger partial charge in [0, 0.05) is 18.4 Å². The third kappa shape index (κ3) is 10.4. The van der Waals surface area contributed by atoms with Crippen molar-refractivity contribution < 1.29 is 19.2 Å². The van der Waals surface area contributed by atoms with Crippen LogP contribution < -0.4 is 5.32 Å². The fourth-order valence-corrected chi connectivity index (χ4v) is 1.84. The molecule has 5 nitrogen and oxygen atoms in total. The lowest BCUT2D eigenvalue weighted by Crippen LogP contribution is -2.54. The first kappa shape index (κ1) is 23.3. The van der Waals surface area contributed by atoms with Crippen molar-refractivity contribution in [3.8, 4) is 0 Å². The molecule has 0 radical (unpaired) electrons. The molecule has 0 heterocycles. The Kier molecular flexibility index (Phi) is 11.7. The highest BCUT2D eigenvalue weighted by Crippen LogP contribution is 2.34. The molecule has 130 valence electrons. The topological polar surface area (TPSA) is 80.3 Å². The summed E-state index contributed by atoms with van der Waals surface area (Å²) >= 11 is 0. The van der Waals surface area contributed by atoms with Crippen LogP contribution in [0.1, 0.15) is 60.8 Å². The van der Waals surface area contributed by atoms with Gasteiger partial charge in [-0.25, -0.2) is 0 Å². The van der Waals surface area contributed by atoms with Crippen LogP contribution in [0.4, 0.5) is 0 Å². The van der Waals surface area contributed by atoms with Gasteiger partial charge in [0.05, 0.1) is 0 Å². The molecule has 1 N–H and O–H groups in total. The maximum atomic E-state index is 12.0. The molecule has 0 unspecified atom stereocenters. The van der Waals surface area contributed by atoms with E-state index in [2.05, 4.69) is 5.32 Å². The highest BCUT2D eigenvalue weighted by molar-refractivity contribution is 5.88. The van der Waals surface area contributed by atoms with Crippen LogP contribution in [0.3, 0.4) is 0 Å². The summed E-state index contributed by atoms with van der Waals surface area (Å²) in [6.07, 6.45) is 9.25. The minimum Gasteiger partial charge on any atom is -0.347 e. The van der Waals surface area contributed by atoms with Crippen molar-refractivity contribution in [1.82, 2.24) is 5.32 Å². The lowest BCUT2D eigenvalue weighted by molar-refractivity contribution is -0.191. The predicted octanol–water partition coefficient (Wildman–Crippen LogP) is 3.22. The number of Topliss-reactive ketones (excluding diaryl/α,β-unsaturated/α-hetero) is 1. The van der Waals surface area contributed by atoms with Crippen LogP contribution in [-0.4, -0.2) is 23.4 Å². The van der Waals surface area contributed by atoms with Crippen molar-refractivity contribution in [3.63, 3.8) is 0 Å². The molecule has 5 heteroatoms. The molecule has 0 aliphatic heterocycles. The summed E-state index contributed by atoms with van der Waals surface area (Å²) in [5.41, 5.74) is -0.755. The number of ketones is 1. The lowest BCUT2D eigenvalue weighted by Gasteiger charge is -2.41. The smallest absolute Gasteiger partial charge is 0.347 e. The van der Waals surface area contributed by atoms with Gasteiger partial charge in [-0.2, -0.15) is 9.59 Å². The molecule has 0 bridgehead atoms. The van der Waals surface area contributed by atoms with Crippen molar-refractivity contribution >= 4 is 17.8 Å². The summed E-state index contributed by atoms with van der Waals surface area (Å²) in [7, 11) is 0. The van der Waals surface area contributed by atoms with E-state index in [9.17, 15) is 9.59 Å². The van der Waals surface area contributed by atoms with Crippen molar-refractivity contribution in [3.05, 3.63) is 24.3 Å². The summed E-state index contributed by atoms with van der Waals surface area (Å²) in [5, 5.41) is 2.97. The van der Waals surface area contributed by atoms with Gasteiger partial charge in [-0.05, 0) is 38.7 Å². The summed E-state index contributed by atoms with van der Waals surface area (Å²) in [6.45, 7) is 11.8. The number of carbonyl (C=O) groups excluding carboxylic acids is 4. The van der Waals surface area contributed by atoms with Crippen LogP contribution in [0.25, 0.3) is 0 Å². The summed E-state index contributed by atoms with van der Waals surface area (Å²) in [6, 6.07) is 0. The quantitative estimate of drug-likeness (QED) is 0.549. The van der Waals surface area contributed by atoms with Gasteiger partial charge in [0.1, 0.15) is 5.78 Å². The second-order valence-corrected chi connectivity index (χ2v) is 6.38. The van der Waals surface area contributed by atoms with E-state index in [-0.39, 0.29) is 23.3 Å². The standard InChI is InChI=1S/C17H29NO2.CO2/c1-7-9-10-12-14(19)13-16(3,4)17(5,6)18-15(20)11-8-2;2-1-3/h8-11H,7,12-13H2,1-6H3,(H,18,20);/b10-9-,11-8+;. The molecule has 0 aliphatic rings. The maximum absolute atomic E-state index is 12.0. The molecule has 0 aromatic heterocycles. The monoisotopic (exact) mass is 323 g/mol. The fourth-order valence-electron chi connectivity index (χ4n) is 1.84. The molecule has 0 saturated carbocycles. The predicted molar refractivity (Wildman–Crippen MR) is 89.5 cm³/mol. The van der Waals surface area contributed by atoms with Gasteiger partial charge in [0.15, 0.2) is 0 Å². The zero-order valence-electron chi connectivity index (χ0n) is 15.1. The van der Waals surface area contributed by atoms with Gasteiger partial charge in [-0.15, -0.1) is 0 Å². The van der Waals surface area contributed by atoms with Crippen LogP contribution in [0.15, 0.2) is 24.3 Å². The minimum atomic E-state index is -0.451. The number of amides is 1. The Hall–Kier alpha value is -2.00. The average Bonchev–Trinajstić information content (AvgIpc) is 2.38. The van der Waals surface area contributed by atoms with E-state index in [1.165, 1.54) is 6.08 Å². The van der Waals surface area contributed by atoms with Gasteiger partial charge in [0.2, 0.25) is 5.91 Å². The molecule has 0 spiro atoms. The van der Waals surface area contributed by atoms with Crippen LogP contribution in [0, 0.1) is 5.41 Å². The summed E-state index contributed by atoms with van der Waals surface area (Å²) in [5.74, 6) is 0.0805. The molecule has 0 atom stereocenters. The Bertz CT molecular complexity index is 467. The lowest BCUT2D eigenvalue weighted by atomic mass is 9.71. The number of hydrogen-bond donors (Lipinski definition) is 1. The molecule has 0 aromatic rings. The van der Waals surface area contributed by atoms with Crippen molar-refractivity contribution in [2.75, 3.05) is 0 Å². The van der Waals surface area contributed by atoms with E-state index in [0.29, 0.717) is 12.8 Å².